The van der Waals surface area contributed by atoms with E-state index >= 15 is 0 Å². The number of carbonyl (C=O) groups excluding carboxylic acids is 2. The Kier molecular flexibility index (Phi) is 5.74. The number of hydrogen-bond donors (Lipinski definition) is 0. The van der Waals surface area contributed by atoms with Crippen LogP contribution in [0.5, 0.6) is 0 Å². The molecule has 0 aliphatic carbocycles. The second-order valence-corrected chi connectivity index (χ2v) is 4.84. The number of ether oxygens (including phenoxy) is 1. The minimum absolute atomic E-state index is 0.162. The van der Waals surface area contributed by atoms with E-state index < -0.39 is 5.97 Å². The quantitative estimate of drug-likeness (QED) is 0.448. The summed E-state index contributed by atoms with van der Waals surface area (Å²) in [4.78, 5) is 23.6. The molecule has 0 saturated heterocycles. The van der Waals surface area contributed by atoms with Crippen molar-refractivity contribution in [2.45, 2.75) is 53.1 Å². The van der Waals surface area contributed by atoms with Gasteiger partial charge in [-0.2, -0.15) is 0 Å². The van der Waals surface area contributed by atoms with E-state index in [4.69, 9.17) is 4.74 Å². The Morgan fingerprint density at radius 2 is 1.84 bits per heavy atom. The van der Waals surface area contributed by atoms with Crippen LogP contribution in [0.1, 0.15) is 55.6 Å². The van der Waals surface area contributed by atoms with Crippen LogP contribution in [0.2, 0.25) is 0 Å². The van der Waals surface area contributed by atoms with Gasteiger partial charge in [0.25, 0.3) is 0 Å². The van der Waals surface area contributed by atoms with Gasteiger partial charge in [0.15, 0.2) is 5.78 Å². The van der Waals surface area contributed by atoms with Crippen molar-refractivity contribution >= 4 is 11.8 Å². The lowest BCUT2D eigenvalue weighted by molar-refractivity contribution is -0.146. The molecule has 1 aromatic rings. The molecule has 0 bridgehead atoms. The topological polar surface area (TPSA) is 43.4 Å². The van der Waals surface area contributed by atoms with E-state index in [1.807, 2.05) is 25.1 Å². The van der Waals surface area contributed by atoms with Crippen molar-refractivity contribution in [2.75, 3.05) is 0 Å². The summed E-state index contributed by atoms with van der Waals surface area (Å²) in [6.45, 7) is 7.64. The van der Waals surface area contributed by atoms with Crippen LogP contribution in [0.15, 0.2) is 18.2 Å². The number of aryl methyl sites for hydroxylation is 2. The predicted octanol–water partition coefficient (Wildman–Crippen LogP) is 3.34. The van der Waals surface area contributed by atoms with Gasteiger partial charge < -0.3 is 4.74 Å². The molecule has 3 heteroatoms. The van der Waals surface area contributed by atoms with Gasteiger partial charge in [-0.3, -0.25) is 9.59 Å². The molecule has 0 saturated carbocycles. The first-order valence-corrected chi connectivity index (χ1v) is 6.82. The van der Waals surface area contributed by atoms with E-state index in [1.165, 1.54) is 5.56 Å². The fourth-order valence-corrected chi connectivity index (χ4v) is 1.96. The van der Waals surface area contributed by atoms with Crippen molar-refractivity contribution in [2.24, 2.45) is 0 Å². The second-order valence-electron chi connectivity index (χ2n) is 4.84. The third-order valence-electron chi connectivity index (χ3n) is 2.93. The molecule has 0 amide bonds. The maximum atomic E-state index is 12.1. The smallest absolute Gasteiger partial charge is 0.313 e. The number of Topliss-reactive ketones (excluding diaryl/α,β-unsaturated/α-hetero) is 1. The Labute approximate surface area is 115 Å². The molecule has 0 atom stereocenters. The number of benzene rings is 1. The highest BCUT2D eigenvalue weighted by Gasteiger charge is 2.16. The van der Waals surface area contributed by atoms with Crippen molar-refractivity contribution in [3.8, 4) is 0 Å². The minimum atomic E-state index is -0.457. The molecule has 0 aliphatic rings. The Hall–Kier alpha value is -1.64. The van der Waals surface area contributed by atoms with Crippen LogP contribution in [0, 0.1) is 0 Å². The van der Waals surface area contributed by atoms with Gasteiger partial charge in [-0.1, -0.05) is 32.0 Å². The first-order valence-electron chi connectivity index (χ1n) is 6.82. The Balaban J connectivity index is 2.84. The van der Waals surface area contributed by atoms with Gasteiger partial charge in [-0.25, -0.2) is 0 Å². The van der Waals surface area contributed by atoms with E-state index in [-0.39, 0.29) is 18.3 Å². The number of rotatable bonds is 6. The molecule has 0 N–H and O–H groups in total. The van der Waals surface area contributed by atoms with Gasteiger partial charge in [0.2, 0.25) is 0 Å². The predicted molar refractivity (Wildman–Crippen MR) is 75.4 cm³/mol. The second kappa shape index (κ2) is 7.07. The lowest BCUT2D eigenvalue weighted by Gasteiger charge is -2.10. The number of ketones is 1. The average molecular weight is 262 g/mol. The van der Waals surface area contributed by atoms with Crippen molar-refractivity contribution in [1.82, 2.24) is 0 Å². The molecule has 0 unspecified atom stereocenters. The van der Waals surface area contributed by atoms with Crippen LogP contribution in [0.4, 0.5) is 0 Å². The summed E-state index contributed by atoms with van der Waals surface area (Å²) in [5, 5.41) is 0. The van der Waals surface area contributed by atoms with Crippen molar-refractivity contribution in [3.63, 3.8) is 0 Å². The first-order chi connectivity index (χ1) is 8.97. The van der Waals surface area contributed by atoms with E-state index in [1.54, 1.807) is 13.8 Å². The zero-order valence-corrected chi connectivity index (χ0v) is 12.2. The van der Waals surface area contributed by atoms with Crippen LogP contribution >= 0.6 is 0 Å². The molecule has 0 heterocycles. The summed E-state index contributed by atoms with van der Waals surface area (Å²) in [6, 6.07) is 5.81. The number of esters is 1. The first kappa shape index (κ1) is 15.4. The summed E-state index contributed by atoms with van der Waals surface area (Å²) < 4.78 is 5.00. The molecular weight excluding hydrogens is 240 g/mol. The fourth-order valence-electron chi connectivity index (χ4n) is 1.96. The highest BCUT2D eigenvalue weighted by atomic mass is 16.5. The zero-order valence-electron chi connectivity index (χ0n) is 12.2. The standard InChI is InChI=1S/C16H22O3/c1-5-12-7-8-14(13(6-2)9-12)15(17)10-16(18)19-11(3)4/h7-9,11H,5-6,10H2,1-4H3. The molecule has 104 valence electrons. The fraction of sp³-hybridized carbons (Fsp3) is 0.500. The SMILES string of the molecule is CCc1ccc(C(=O)CC(=O)OC(C)C)c(CC)c1. The third-order valence-corrected chi connectivity index (χ3v) is 2.93. The maximum Gasteiger partial charge on any atom is 0.313 e. The molecule has 1 aromatic carbocycles. The average Bonchev–Trinajstić information content (AvgIpc) is 2.36. The highest BCUT2D eigenvalue weighted by Crippen LogP contribution is 2.16. The van der Waals surface area contributed by atoms with Gasteiger partial charge in [0.1, 0.15) is 6.42 Å². The van der Waals surface area contributed by atoms with Crippen LogP contribution in [0.3, 0.4) is 0 Å². The zero-order chi connectivity index (χ0) is 14.4. The molecule has 0 radical (unpaired) electrons. The van der Waals surface area contributed by atoms with E-state index in [9.17, 15) is 9.59 Å². The lowest BCUT2D eigenvalue weighted by Crippen LogP contribution is -2.16. The Morgan fingerprint density at radius 3 is 2.37 bits per heavy atom. The van der Waals surface area contributed by atoms with Gasteiger partial charge in [-0.15, -0.1) is 0 Å². The molecule has 0 aromatic heterocycles. The van der Waals surface area contributed by atoms with Gasteiger partial charge >= 0.3 is 5.97 Å². The van der Waals surface area contributed by atoms with Crippen molar-refractivity contribution in [3.05, 3.63) is 34.9 Å². The summed E-state index contributed by atoms with van der Waals surface area (Å²) in [5.74, 6) is -0.619. The number of hydrogen-bond acceptors (Lipinski definition) is 3. The summed E-state index contributed by atoms with van der Waals surface area (Å²) in [5.41, 5.74) is 2.85. The van der Waals surface area contributed by atoms with Gasteiger partial charge in [0, 0.05) is 5.56 Å². The molecule has 0 aliphatic heterocycles. The normalized spacial score (nSPS) is 10.6. The molecule has 19 heavy (non-hydrogen) atoms. The van der Waals surface area contributed by atoms with Crippen LogP contribution in [-0.4, -0.2) is 17.9 Å². The maximum absolute atomic E-state index is 12.1. The minimum Gasteiger partial charge on any atom is -0.463 e. The largest absolute Gasteiger partial charge is 0.463 e. The molecule has 3 nitrogen and oxygen atoms in total. The van der Waals surface area contributed by atoms with Crippen LogP contribution in [0.25, 0.3) is 0 Å². The molecule has 1 rings (SSSR count). The summed E-state index contributed by atoms with van der Waals surface area (Å²) >= 11 is 0. The van der Waals surface area contributed by atoms with E-state index in [0.29, 0.717) is 5.56 Å². The Morgan fingerprint density at radius 1 is 1.16 bits per heavy atom. The van der Waals surface area contributed by atoms with Gasteiger partial charge in [-0.05, 0) is 37.8 Å². The van der Waals surface area contributed by atoms with Gasteiger partial charge in [0.05, 0.1) is 6.10 Å². The van der Waals surface area contributed by atoms with Crippen molar-refractivity contribution < 1.29 is 14.3 Å². The molecular formula is C16H22O3. The summed E-state index contributed by atoms with van der Waals surface area (Å²) in [7, 11) is 0. The number of carbonyl (C=O) groups is 2. The highest BCUT2D eigenvalue weighted by molar-refractivity contribution is 6.06. The third kappa shape index (κ3) is 4.51. The lowest BCUT2D eigenvalue weighted by atomic mass is 9.96. The van der Waals surface area contributed by atoms with E-state index in [2.05, 4.69) is 6.92 Å². The molecule has 0 fully saturated rings. The summed E-state index contributed by atoms with van der Waals surface area (Å²) in [6.07, 6.45) is 1.36. The monoisotopic (exact) mass is 262 g/mol. The van der Waals surface area contributed by atoms with E-state index in [0.717, 1.165) is 18.4 Å². The Bertz CT molecular complexity index is 461. The molecule has 0 spiro atoms. The van der Waals surface area contributed by atoms with Crippen LogP contribution in [-0.2, 0) is 22.4 Å². The van der Waals surface area contributed by atoms with Crippen LogP contribution < -0.4 is 0 Å². The van der Waals surface area contributed by atoms with Crippen molar-refractivity contribution in [1.29, 1.82) is 0 Å².